The predicted molar refractivity (Wildman–Crippen MR) is 102 cm³/mol. The van der Waals surface area contributed by atoms with Gasteiger partial charge in [-0.25, -0.2) is 9.78 Å². The Hall–Kier alpha value is -1.34. The highest BCUT2D eigenvalue weighted by atomic mass is 79.9. The second-order valence-corrected chi connectivity index (χ2v) is 8.93. The zero-order valence-electron chi connectivity index (χ0n) is 14.1. The summed E-state index contributed by atoms with van der Waals surface area (Å²) in [5.41, 5.74) is 0.527. The lowest BCUT2D eigenvalue weighted by molar-refractivity contribution is 0.0235. The molecule has 0 radical (unpaired) electrons. The minimum Gasteiger partial charge on any atom is -0.444 e. The Morgan fingerprint density at radius 2 is 2.29 bits per heavy atom. The molecule has 1 unspecified atom stereocenters. The SMILES string of the molecule is CC(C)(C)OC(=O)N1CCCC1CNc1nc2ccc(Br)cc2s1. The maximum atomic E-state index is 12.3. The molecule has 7 heteroatoms. The molecule has 1 N–H and O–H groups in total. The highest BCUT2D eigenvalue weighted by Crippen LogP contribution is 2.29. The first kappa shape index (κ1) is 17.5. The molecule has 2 heterocycles. The maximum absolute atomic E-state index is 12.3. The first-order valence-electron chi connectivity index (χ1n) is 8.11. The van der Waals surface area contributed by atoms with Gasteiger partial charge in [-0.15, -0.1) is 0 Å². The Labute approximate surface area is 154 Å². The fraction of sp³-hybridized carbons (Fsp3) is 0.529. The summed E-state index contributed by atoms with van der Waals surface area (Å²) in [7, 11) is 0. The van der Waals surface area contributed by atoms with Crippen LogP contribution in [0.5, 0.6) is 0 Å². The predicted octanol–water partition coefficient (Wildman–Crippen LogP) is 4.87. The van der Waals surface area contributed by atoms with Gasteiger partial charge in [0.25, 0.3) is 0 Å². The van der Waals surface area contributed by atoms with Crippen molar-refractivity contribution in [2.45, 2.75) is 45.3 Å². The lowest BCUT2D eigenvalue weighted by Crippen LogP contribution is -2.42. The number of rotatable bonds is 3. The number of aromatic nitrogens is 1. The van der Waals surface area contributed by atoms with Gasteiger partial charge in [0.1, 0.15) is 5.60 Å². The first-order chi connectivity index (χ1) is 11.3. The molecule has 3 rings (SSSR count). The Morgan fingerprint density at radius 3 is 3.04 bits per heavy atom. The molecule has 1 aliphatic heterocycles. The van der Waals surface area contributed by atoms with E-state index in [1.807, 2.05) is 37.8 Å². The van der Waals surface area contributed by atoms with Gasteiger partial charge in [0.2, 0.25) is 0 Å². The fourth-order valence-corrected chi connectivity index (χ4v) is 4.21. The summed E-state index contributed by atoms with van der Waals surface area (Å²) in [6, 6.07) is 6.22. The van der Waals surface area contributed by atoms with Crippen LogP contribution in [0.3, 0.4) is 0 Å². The maximum Gasteiger partial charge on any atom is 0.410 e. The summed E-state index contributed by atoms with van der Waals surface area (Å²) < 4.78 is 7.70. The van der Waals surface area contributed by atoms with Crippen LogP contribution >= 0.6 is 27.3 Å². The quantitative estimate of drug-likeness (QED) is 0.782. The van der Waals surface area contributed by atoms with Gasteiger partial charge in [-0.1, -0.05) is 27.3 Å². The third-order valence-electron chi connectivity index (χ3n) is 3.84. The van der Waals surface area contributed by atoms with Crippen LogP contribution in [-0.2, 0) is 4.74 Å². The van der Waals surface area contributed by atoms with E-state index < -0.39 is 5.60 Å². The monoisotopic (exact) mass is 411 g/mol. The van der Waals surface area contributed by atoms with Crippen LogP contribution in [0, 0.1) is 0 Å². The van der Waals surface area contributed by atoms with Crippen molar-refractivity contribution in [1.82, 2.24) is 9.88 Å². The summed E-state index contributed by atoms with van der Waals surface area (Å²) in [5.74, 6) is 0. The van der Waals surface area contributed by atoms with Crippen LogP contribution in [0.4, 0.5) is 9.93 Å². The zero-order chi connectivity index (χ0) is 17.3. The van der Waals surface area contributed by atoms with Gasteiger partial charge in [-0.2, -0.15) is 0 Å². The zero-order valence-corrected chi connectivity index (χ0v) is 16.5. The molecule has 1 aromatic heterocycles. The third-order valence-corrected chi connectivity index (χ3v) is 5.31. The number of carbonyl (C=O) groups excluding carboxylic acids is 1. The van der Waals surface area contributed by atoms with Crippen molar-refractivity contribution >= 4 is 48.7 Å². The molecule has 1 saturated heterocycles. The van der Waals surface area contributed by atoms with E-state index in [4.69, 9.17) is 4.74 Å². The van der Waals surface area contributed by atoms with Gasteiger partial charge < -0.3 is 15.0 Å². The number of thiazole rings is 1. The molecule has 24 heavy (non-hydrogen) atoms. The standard InChI is InChI=1S/C17H22BrN3O2S/c1-17(2,3)23-16(22)21-8-4-5-12(21)10-19-15-20-13-7-6-11(18)9-14(13)24-15/h6-7,9,12H,4-5,8,10H2,1-3H3,(H,19,20). The highest BCUT2D eigenvalue weighted by Gasteiger charge is 2.32. The van der Waals surface area contributed by atoms with Gasteiger partial charge in [-0.05, 0) is 51.8 Å². The number of benzene rings is 1. The van der Waals surface area contributed by atoms with Crippen LogP contribution in [0.15, 0.2) is 22.7 Å². The lowest BCUT2D eigenvalue weighted by atomic mass is 10.2. The largest absolute Gasteiger partial charge is 0.444 e. The second-order valence-electron chi connectivity index (χ2n) is 6.98. The molecule has 130 valence electrons. The molecule has 1 amide bonds. The number of likely N-dealkylation sites (tertiary alicyclic amines) is 1. The minimum absolute atomic E-state index is 0.151. The van der Waals surface area contributed by atoms with Crippen molar-refractivity contribution in [3.05, 3.63) is 22.7 Å². The summed E-state index contributed by atoms with van der Waals surface area (Å²) >= 11 is 5.11. The van der Waals surface area contributed by atoms with Crippen LogP contribution in [-0.4, -0.2) is 40.7 Å². The normalized spacial score (nSPS) is 18.2. The molecule has 0 aliphatic carbocycles. The molecule has 1 aromatic carbocycles. The summed E-state index contributed by atoms with van der Waals surface area (Å²) in [5, 5.41) is 4.27. The molecule has 0 spiro atoms. The van der Waals surface area contributed by atoms with E-state index in [1.165, 1.54) is 0 Å². The van der Waals surface area contributed by atoms with Gasteiger partial charge in [0.15, 0.2) is 5.13 Å². The molecule has 1 atom stereocenters. The van der Waals surface area contributed by atoms with Crippen molar-refractivity contribution in [3.8, 4) is 0 Å². The smallest absolute Gasteiger partial charge is 0.410 e. The molecule has 0 bridgehead atoms. The Bertz CT molecular complexity index is 741. The summed E-state index contributed by atoms with van der Waals surface area (Å²) in [6.45, 7) is 7.14. The summed E-state index contributed by atoms with van der Waals surface area (Å²) in [6.07, 6.45) is 1.78. The second kappa shape index (κ2) is 6.88. The fourth-order valence-electron chi connectivity index (χ4n) is 2.79. The molecule has 5 nitrogen and oxygen atoms in total. The minimum atomic E-state index is -0.460. The molecule has 1 fully saturated rings. The number of carbonyl (C=O) groups is 1. The van der Waals surface area contributed by atoms with Crippen LogP contribution < -0.4 is 5.32 Å². The number of amides is 1. The molecule has 1 aliphatic rings. The van der Waals surface area contributed by atoms with Crippen LogP contribution in [0.2, 0.25) is 0 Å². The van der Waals surface area contributed by atoms with E-state index in [1.54, 1.807) is 11.3 Å². The van der Waals surface area contributed by atoms with E-state index in [-0.39, 0.29) is 12.1 Å². The highest BCUT2D eigenvalue weighted by molar-refractivity contribution is 9.10. The Kier molecular flexibility index (Phi) is 5.01. The molecular formula is C17H22BrN3O2S. The number of hydrogen-bond acceptors (Lipinski definition) is 5. The number of nitrogens with zero attached hydrogens (tertiary/aromatic N) is 2. The van der Waals surface area contributed by atoms with Crippen molar-refractivity contribution in [3.63, 3.8) is 0 Å². The first-order valence-corrected chi connectivity index (χ1v) is 9.72. The van der Waals surface area contributed by atoms with E-state index in [2.05, 4.69) is 32.3 Å². The van der Waals surface area contributed by atoms with Gasteiger partial charge >= 0.3 is 6.09 Å². The van der Waals surface area contributed by atoms with Crippen LogP contribution in [0.25, 0.3) is 10.2 Å². The van der Waals surface area contributed by atoms with E-state index in [0.717, 1.165) is 39.2 Å². The number of hydrogen-bond donors (Lipinski definition) is 1. The number of nitrogens with one attached hydrogen (secondary N) is 1. The Morgan fingerprint density at radius 1 is 1.50 bits per heavy atom. The number of fused-ring (bicyclic) bond motifs is 1. The molecule has 2 aromatic rings. The van der Waals surface area contributed by atoms with Crippen molar-refractivity contribution in [2.24, 2.45) is 0 Å². The number of anilines is 1. The lowest BCUT2D eigenvalue weighted by Gasteiger charge is -2.28. The van der Waals surface area contributed by atoms with Crippen LogP contribution in [0.1, 0.15) is 33.6 Å². The van der Waals surface area contributed by atoms with Crippen molar-refractivity contribution in [2.75, 3.05) is 18.4 Å². The van der Waals surface area contributed by atoms with E-state index in [0.29, 0.717) is 6.54 Å². The average Bonchev–Trinajstić information content (AvgIpc) is 3.08. The van der Waals surface area contributed by atoms with Gasteiger partial charge in [0, 0.05) is 17.6 Å². The van der Waals surface area contributed by atoms with Crippen molar-refractivity contribution in [1.29, 1.82) is 0 Å². The molecular weight excluding hydrogens is 390 g/mol. The van der Waals surface area contributed by atoms with Gasteiger partial charge in [0.05, 0.1) is 16.3 Å². The number of halogens is 1. The topological polar surface area (TPSA) is 54.5 Å². The van der Waals surface area contributed by atoms with E-state index >= 15 is 0 Å². The van der Waals surface area contributed by atoms with Gasteiger partial charge in [-0.3, -0.25) is 0 Å². The average molecular weight is 412 g/mol. The third kappa shape index (κ3) is 4.19. The molecule has 0 saturated carbocycles. The number of ether oxygens (including phenoxy) is 1. The summed E-state index contributed by atoms with van der Waals surface area (Å²) in [4.78, 5) is 18.8. The van der Waals surface area contributed by atoms with Crippen molar-refractivity contribution < 1.29 is 9.53 Å². The van der Waals surface area contributed by atoms with E-state index in [9.17, 15) is 4.79 Å². The Balaban J connectivity index is 1.63.